The minimum absolute atomic E-state index is 0.154. The third-order valence-electron chi connectivity index (χ3n) is 4.83. The van der Waals surface area contributed by atoms with Crippen LogP contribution < -0.4 is 5.32 Å². The normalized spacial score (nSPS) is 29.6. The molecular weight excluding hydrogens is 238 g/mol. The van der Waals surface area contributed by atoms with E-state index < -0.39 is 0 Å². The summed E-state index contributed by atoms with van der Waals surface area (Å²) in [7, 11) is 2.11. The Labute approximate surface area is 117 Å². The molecule has 4 nitrogen and oxygen atoms in total. The molecule has 0 unspecified atom stereocenters. The third kappa shape index (κ3) is 4.10. The lowest BCUT2D eigenvalue weighted by atomic mass is 9.80. The van der Waals surface area contributed by atoms with Crippen molar-refractivity contribution in [3.8, 4) is 0 Å². The quantitative estimate of drug-likeness (QED) is 0.832. The first kappa shape index (κ1) is 14.6. The Balaban J connectivity index is 1.72. The summed E-state index contributed by atoms with van der Waals surface area (Å²) in [5, 5.41) is 3.23. The lowest BCUT2D eigenvalue weighted by molar-refractivity contribution is 0.146. The monoisotopic (exact) mass is 267 g/mol. The maximum absolute atomic E-state index is 12.2. The van der Waals surface area contributed by atoms with E-state index in [1.165, 1.54) is 12.8 Å². The van der Waals surface area contributed by atoms with Crippen molar-refractivity contribution in [2.45, 2.75) is 45.6 Å². The molecular formula is C15H29N3O. The van der Waals surface area contributed by atoms with E-state index in [1.54, 1.807) is 0 Å². The number of piperazine rings is 1. The van der Waals surface area contributed by atoms with E-state index in [4.69, 9.17) is 0 Å². The van der Waals surface area contributed by atoms with Gasteiger partial charge in [-0.15, -0.1) is 0 Å². The Morgan fingerprint density at radius 1 is 1.05 bits per heavy atom. The molecule has 1 heterocycles. The molecule has 2 amide bonds. The van der Waals surface area contributed by atoms with Crippen LogP contribution >= 0.6 is 0 Å². The first-order valence-electron chi connectivity index (χ1n) is 7.80. The highest BCUT2D eigenvalue weighted by Crippen LogP contribution is 2.29. The average molecular weight is 267 g/mol. The number of carbonyl (C=O) groups excluding carboxylic acids is 1. The summed E-state index contributed by atoms with van der Waals surface area (Å²) < 4.78 is 0. The maximum atomic E-state index is 12.2. The summed E-state index contributed by atoms with van der Waals surface area (Å²) in [6.45, 7) is 8.34. The maximum Gasteiger partial charge on any atom is 0.317 e. The molecule has 1 saturated carbocycles. The Kier molecular flexibility index (Phi) is 5.08. The first-order valence-corrected chi connectivity index (χ1v) is 7.80. The van der Waals surface area contributed by atoms with Crippen LogP contribution in [0.15, 0.2) is 0 Å². The van der Waals surface area contributed by atoms with Crippen molar-refractivity contribution >= 4 is 6.03 Å². The van der Waals surface area contributed by atoms with Gasteiger partial charge in [-0.25, -0.2) is 4.79 Å². The van der Waals surface area contributed by atoms with E-state index in [0.717, 1.165) is 50.9 Å². The Bertz CT molecular complexity index is 290. The van der Waals surface area contributed by atoms with Crippen LogP contribution in [0.1, 0.15) is 39.5 Å². The minimum Gasteiger partial charge on any atom is -0.335 e. The summed E-state index contributed by atoms with van der Waals surface area (Å²) >= 11 is 0. The van der Waals surface area contributed by atoms with Gasteiger partial charge in [-0.05, 0) is 44.6 Å². The van der Waals surface area contributed by atoms with Gasteiger partial charge in [0.15, 0.2) is 0 Å². The molecule has 19 heavy (non-hydrogen) atoms. The number of likely N-dealkylation sites (N-methyl/N-ethyl adjacent to an activating group) is 1. The number of urea groups is 1. The number of rotatable bonds is 2. The van der Waals surface area contributed by atoms with Crippen molar-refractivity contribution in [1.29, 1.82) is 0 Å². The predicted molar refractivity (Wildman–Crippen MR) is 78.2 cm³/mol. The lowest BCUT2D eigenvalue weighted by Gasteiger charge is -2.35. The molecule has 2 aliphatic rings. The standard InChI is InChI=1S/C15H29N3O/c1-12(2)13-4-6-14(7-5-13)16-15(19)18-10-8-17(3)9-11-18/h12-14H,4-11H2,1-3H3,(H,16,19)/t13-,14-. The van der Waals surface area contributed by atoms with Gasteiger partial charge in [0.2, 0.25) is 0 Å². The second-order valence-corrected chi connectivity index (χ2v) is 6.60. The number of carbonyl (C=O) groups is 1. The van der Waals surface area contributed by atoms with Crippen molar-refractivity contribution in [3.05, 3.63) is 0 Å². The minimum atomic E-state index is 0.154. The van der Waals surface area contributed by atoms with E-state index in [9.17, 15) is 4.79 Å². The lowest BCUT2D eigenvalue weighted by Crippen LogP contribution is -2.53. The number of nitrogens with one attached hydrogen (secondary N) is 1. The summed E-state index contributed by atoms with van der Waals surface area (Å²) in [4.78, 5) is 16.4. The molecule has 0 bridgehead atoms. The zero-order valence-electron chi connectivity index (χ0n) is 12.7. The molecule has 1 saturated heterocycles. The SMILES string of the molecule is CC(C)[C@H]1CC[C@H](NC(=O)N2CCN(C)CC2)CC1. The highest BCUT2D eigenvalue weighted by molar-refractivity contribution is 5.74. The van der Waals surface area contributed by atoms with Gasteiger partial charge in [0, 0.05) is 32.2 Å². The van der Waals surface area contributed by atoms with E-state index in [1.807, 2.05) is 4.90 Å². The van der Waals surface area contributed by atoms with Crippen LogP contribution in [0, 0.1) is 11.8 Å². The molecule has 1 aliphatic heterocycles. The van der Waals surface area contributed by atoms with Gasteiger partial charge >= 0.3 is 6.03 Å². The topological polar surface area (TPSA) is 35.6 Å². The van der Waals surface area contributed by atoms with Crippen molar-refractivity contribution < 1.29 is 4.79 Å². The molecule has 0 aromatic heterocycles. The fourth-order valence-corrected chi connectivity index (χ4v) is 3.21. The van der Waals surface area contributed by atoms with E-state index in [-0.39, 0.29) is 6.03 Å². The molecule has 2 rings (SSSR count). The Hall–Kier alpha value is -0.770. The van der Waals surface area contributed by atoms with Crippen LogP contribution in [0.5, 0.6) is 0 Å². The molecule has 0 atom stereocenters. The predicted octanol–water partition coefficient (Wildman–Crippen LogP) is 2.16. The van der Waals surface area contributed by atoms with Gasteiger partial charge in [-0.2, -0.15) is 0 Å². The Morgan fingerprint density at radius 3 is 2.16 bits per heavy atom. The smallest absolute Gasteiger partial charge is 0.317 e. The highest BCUT2D eigenvalue weighted by Gasteiger charge is 2.26. The second-order valence-electron chi connectivity index (χ2n) is 6.60. The van der Waals surface area contributed by atoms with Crippen LogP contribution in [-0.2, 0) is 0 Å². The molecule has 0 spiro atoms. The molecule has 2 fully saturated rings. The molecule has 1 aliphatic carbocycles. The van der Waals surface area contributed by atoms with Gasteiger partial charge in [-0.3, -0.25) is 0 Å². The van der Waals surface area contributed by atoms with E-state index in [0.29, 0.717) is 6.04 Å². The van der Waals surface area contributed by atoms with E-state index >= 15 is 0 Å². The molecule has 110 valence electrons. The molecule has 0 aromatic carbocycles. The zero-order valence-corrected chi connectivity index (χ0v) is 12.7. The first-order chi connectivity index (χ1) is 9.06. The van der Waals surface area contributed by atoms with Crippen LogP contribution in [0.2, 0.25) is 0 Å². The van der Waals surface area contributed by atoms with Crippen LogP contribution in [0.25, 0.3) is 0 Å². The van der Waals surface area contributed by atoms with Crippen molar-refractivity contribution in [1.82, 2.24) is 15.1 Å². The van der Waals surface area contributed by atoms with Gasteiger partial charge < -0.3 is 15.1 Å². The van der Waals surface area contributed by atoms with Crippen LogP contribution in [-0.4, -0.2) is 55.1 Å². The number of hydrogen-bond acceptors (Lipinski definition) is 2. The highest BCUT2D eigenvalue weighted by atomic mass is 16.2. The molecule has 1 N–H and O–H groups in total. The molecule has 4 heteroatoms. The molecule has 0 radical (unpaired) electrons. The van der Waals surface area contributed by atoms with Crippen LogP contribution in [0.3, 0.4) is 0 Å². The molecule has 0 aromatic rings. The number of nitrogens with zero attached hydrogens (tertiary/aromatic N) is 2. The van der Waals surface area contributed by atoms with Crippen molar-refractivity contribution in [2.24, 2.45) is 11.8 Å². The third-order valence-corrected chi connectivity index (χ3v) is 4.83. The summed E-state index contributed by atoms with van der Waals surface area (Å²) in [5.74, 6) is 1.64. The summed E-state index contributed by atoms with van der Waals surface area (Å²) in [6.07, 6.45) is 4.85. The number of amides is 2. The summed E-state index contributed by atoms with van der Waals surface area (Å²) in [6, 6.07) is 0.559. The summed E-state index contributed by atoms with van der Waals surface area (Å²) in [5.41, 5.74) is 0. The van der Waals surface area contributed by atoms with Crippen molar-refractivity contribution in [3.63, 3.8) is 0 Å². The Morgan fingerprint density at radius 2 is 1.63 bits per heavy atom. The van der Waals surface area contributed by atoms with Crippen LogP contribution in [0.4, 0.5) is 4.79 Å². The van der Waals surface area contributed by atoms with Crippen molar-refractivity contribution in [2.75, 3.05) is 33.2 Å². The number of hydrogen-bond donors (Lipinski definition) is 1. The van der Waals surface area contributed by atoms with Gasteiger partial charge in [0.25, 0.3) is 0 Å². The fraction of sp³-hybridized carbons (Fsp3) is 0.933. The second kappa shape index (κ2) is 6.60. The average Bonchev–Trinajstić information content (AvgIpc) is 2.40. The van der Waals surface area contributed by atoms with Gasteiger partial charge in [-0.1, -0.05) is 13.8 Å². The van der Waals surface area contributed by atoms with Gasteiger partial charge in [0.1, 0.15) is 0 Å². The fourth-order valence-electron chi connectivity index (χ4n) is 3.21. The largest absolute Gasteiger partial charge is 0.335 e. The zero-order chi connectivity index (χ0) is 13.8. The van der Waals surface area contributed by atoms with Gasteiger partial charge in [0.05, 0.1) is 0 Å². The van der Waals surface area contributed by atoms with E-state index in [2.05, 4.69) is 31.1 Å².